The highest BCUT2D eigenvalue weighted by atomic mass is 32.2. The minimum absolute atomic E-state index is 0.141. The smallest absolute Gasteiger partial charge is 0.207 e. The normalized spacial score (nSPS) is 16.6. The van der Waals surface area contributed by atoms with Gasteiger partial charge >= 0.3 is 0 Å². The molecular formula is C23H32N2O4S2. The molecular weight excluding hydrogens is 432 g/mol. The standard InChI is InChI=1S/C23H32N2O4S2/c1-4-5-6-20-7-11-22(12-8-20)30(26,27)24-15-17-25(18-16-24)31(28,29)23-13-9-21(10-14-23)19(2)3/h7-14,19H,4-6,15-18H2,1-3H3. The lowest BCUT2D eigenvalue weighted by molar-refractivity contribution is 0.273. The van der Waals surface area contributed by atoms with E-state index >= 15 is 0 Å². The van der Waals surface area contributed by atoms with Gasteiger partial charge in [0, 0.05) is 26.2 Å². The lowest BCUT2D eigenvalue weighted by atomic mass is 10.0. The van der Waals surface area contributed by atoms with Gasteiger partial charge < -0.3 is 0 Å². The number of rotatable bonds is 8. The van der Waals surface area contributed by atoms with Crippen molar-refractivity contribution in [3.05, 3.63) is 59.7 Å². The van der Waals surface area contributed by atoms with E-state index in [0.29, 0.717) is 5.92 Å². The topological polar surface area (TPSA) is 74.8 Å². The molecule has 8 heteroatoms. The van der Waals surface area contributed by atoms with E-state index in [1.807, 2.05) is 24.3 Å². The second-order valence-electron chi connectivity index (χ2n) is 8.28. The molecule has 0 spiro atoms. The van der Waals surface area contributed by atoms with Crippen molar-refractivity contribution in [2.75, 3.05) is 26.2 Å². The van der Waals surface area contributed by atoms with Crippen LogP contribution in [0.3, 0.4) is 0 Å². The quantitative estimate of drug-likeness (QED) is 0.595. The van der Waals surface area contributed by atoms with E-state index in [9.17, 15) is 16.8 Å². The molecule has 0 amide bonds. The van der Waals surface area contributed by atoms with Gasteiger partial charge in [-0.15, -0.1) is 0 Å². The van der Waals surface area contributed by atoms with Crippen LogP contribution in [0.2, 0.25) is 0 Å². The van der Waals surface area contributed by atoms with Crippen LogP contribution in [0.5, 0.6) is 0 Å². The van der Waals surface area contributed by atoms with Crippen LogP contribution < -0.4 is 0 Å². The van der Waals surface area contributed by atoms with Crippen LogP contribution in [-0.4, -0.2) is 51.6 Å². The zero-order chi connectivity index (χ0) is 22.6. The highest BCUT2D eigenvalue weighted by molar-refractivity contribution is 7.89. The minimum Gasteiger partial charge on any atom is -0.207 e. The molecule has 31 heavy (non-hydrogen) atoms. The Morgan fingerprint density at radius 2 is 1.16 bits per heavy atom. The Labute approximate surface area is 187 Å². The largest absolute Gasteiger partial charge is 0.243 e. The molecule has 0 N–H and O–H groups in total. The molecule has 3 rings (SSSR count). The molecule has 6 nitrogen and oxygen atoms in total. The van der Waals surface area contributed by atoms with Gasteiger partial charge in [-0.2, -0.15) is 8.61 Å². The summed E-state index contributed by atoms with van der Waals surface area (Å²) in [5.41, 5.74) is 2.20. The molecule has 0 aromatic heterocycles. The van der Waals surface area contributed by atoms with Gasteiger partial charge in [0.25, 0.3) is 0 Å². The van der Waals surface area contributed by atoms with Crippen molar-refractivity contribution < 1.29 is 16.8 Å². The molecule has 170 valence electrons. The van der Waals surface area contributed by atoms with Gasteiger partial charge in [-0.3, -0.25) is 0 Å². The monoisotopic (exact) mass is 464 g/mol. The number of sulfonamides is 2. The molecule has 2 aromatic carbocycles. The number of benzene rings is 2. The molecule has 2 aromatic rings. The number of hydrogen-bond donors (Lipinski definition) is 0. The van der Waals surface area contributed by atoms with E-state index in [-0.39, 0.29) is 36.0 Å². The van der Waals surface area contributed by atoms with E-state index in [0.717, 1.165) is 30.4 Å². The molecule has 1 heterocycles. The van der Waals surface area contributed by atoms with E-state index < -0.39 is 20.0 Å². The first-order valence-electron chi connectivity index (χ1n) is 10.9. The summed E-state index contributed by atoms with van der Waals surface area (Å²) in [6.07, 6.45) is 3.10. The SMILES string of the molecule is CCCCc1ccc(S(=O)(=O)N2CCN(S(=O)(=O)c3ccc(C(C)C)cc3)CC2)cc1. The van der Waals surface area contributed by atoms with Gasteiger partial charge in [-0.05, 0) is 54.2 Å². The zero-order valence-corrected chi connectivity index (χ0v) is 20.1. The first-order valence-corrected chi connectivity index (χ1v) is 13.7. The molecule has 0 aliphatic carbocycles. The summed E-state index contributed by atoms with van der Waals surface area (Å²) in [7, 11) is -7.28. The summed E-state index contributed by atoms with van der Waals surface area (Å²) < 4.78 is 54.7. The third-order valence-electron chi connectivity index (χ3n) is 5.76. The fourth-order valence-electron chi connectivity index (χ4n) is 3.68. The number of nitrogens with zero attached hydrogens (tertiary/aromatic N) is 2. The summed E-state index contributed by atoms with van der Waals surface area (Å²) in [5, 5.41) is 0. The molecule has 0 atom stereocenters. The van der Waals surface area contributed by atoms with Crippen molar-refractivity contribution in [3.63, 3.8) is 0 Å². The van der Waals surface area contributed by atoms with Crippen LogP contribution in [-0.2, 0) is 26.5 Å². The first-order chi connectivity index (χ1) is 14.7. The predicted molar refractivity (Wildman–Crippen MR) is 123 cm³/mol. The fraction of sp³-hybridized carbons (Fsp3) is 0.478. The number of unbranched alkanes of at least 4 members (excludes halogenated alkanes) is 1. The average Bonchev–Trinajstić information content (AvgIpc) is 2.78. The van der Waals surface area contributed by atoms with Gasteiger partial charge in [-0.1, -0.05) is 51.5 Å². The van der Waals surface area contributed by atoms with Gasteiger partial charge in [0.15, 0.2) is 0 Å². The third-order valence-corrected chi connectivity index (χ3v) is 9.59. The van der Waals surface area contributed by atoms with Crippen molar-refractivity contribution in [3.8, 4) is 0 Å². The summed E-state index contributed by atoms with van der Waals surface area (Å²) in [6.45, 7) is 6.81. The molecule has 1 aliphatic heterocycles. The fourth-order valence-corrected chi connectivity index (χ4v) is 6.53. The Morgan fingerprint density at radius 1 is 0.742 bits per heavy atom. The summed E-state index contributed by atoms with van der Waals surface area (Å²) >= 11 is 0. The Kier molecular flexibility index (Phi) is 7.57. The van der Waals surface area contributed by atoms with E-state index in [1.165, 1.54) is 8.61 Å². The lowest BCUT2D eigenvalue weighted by Crippen LogP contribution is -2.50. The molecule has 0 saturated carbocycles. The highest BCUT2D eigenvalue weighted by Crippen LogP contribution is 2.24. The third kappa shape index (κ3) is 5.37. The highest BCUT2D eigenvalue weighted by Gasteiger charge is 2.33. The molecule has 0 bridgehead atoms. The first kappa shape index (κ1) is 23.9. The van der Waals surface area contributed by atoms with Crippen LogP contribution in [0, 0.1) is 0 Å². The van der Waals surface area contributed by atoms with Crippen molar-refractivity contribution in [2.24, 2.45) is 0 Å². The van der Waals surface area contributed by atoms with Gasteiger partial charge in [0.1, 0.15) is 0 Å². The van der Waals surface area contributed by atoms with Gasteiger partial charge in [-0.25, -0.2) is 16.8 Å². The van der Waals surface area contributed by atoms with Crippen molar-refractivity contribution in [2.45, 2.75) is 55.7 Å². The van der Waals surface area contributed by atoms with Crippen LogP contribution in [0.25, 0.3) is 0 Å². The maximum Gasteiger partial charge on any atom is 0.243 e. The van der Waals surface area contributed by atoms with Crippen LogP contribution >= 0.6 is 0 Å². The van der Waals surface area contributed by atoms with Crippen LogP contribution in [0.1, 0.15) is 50.7 Å². The molecule has 1 aliphatic rings. The minimum atomic E-state index is -3.64. The Morgan fingerprint density at radius 3 is 1.55 bits per heavy atom. The molecule has 1 fully saturated rings. The molecule has 0 unspecified atom stereocenters. The number of piperazine rings is 1. The molecule has 1 saturated heterocycles. The second-order valence-corrected chi connectivity index (χ2v) is 12.2. The van der Waals surface area contributed by atoms with E-state index in [1.54, 1.807) is 24.3 Å². The Bertz CT molecular complexity index is 1070. The number of hydrogen-bond acceptors (Lipinski definition) is 4. The maximum absolute atomic E-state index is 13.0. The predicted octanol–water partition coefficient (Wildman–Crippen LogP) is 3.85. The van der Waals surface area contributed by atoms with Crippen LogP contribution in [0.15, 0.2) is 58.3 Å². The van der Waals surface area contributed by atoms with Crippen molar-refractivity contribution >= 4 is 20.0 Å². The van der Waals surface area contributed by atoms with E-state index in [4.69, 9.17) is 0 Å². The van der Waals surface area contributed by atoms with E-state index in [2.05, 4.69) is 20.8 Å². The summed E-state index contributed by atoms with van der Waals surface area (Å²) in [5.74, 6) is 0.325. The molecule has 0 radical (unpaired) electrons. The average molecular weight is 465 g/mol. The number of aryl methyl sites for hydroxylation is 1. The van der Waals surface area contributed by atoms with Gasteiger partial charge in [0.2, 0.25) is 20.0 Å². The van der Waals surface area contributed by atoms with Gasteiger partial charge in [0.05, 0.1) is 9.79 Å². The second kappa shape index (κ2) is 9.81. The van der Waals surface area contributed by atoms with Crippen LogP contribution in [0.4, 0.5) is 0 Å². The summed E-state index contributed by atoms with van der Waals surface area (Å²) in [4.78, 5) is 0.504. The maximum atomic E-state index is 13.0. The zero-order valence-electron chi connectivity index (χ0n) is 18.5. The lowest BCUT2D eigenvalue weighted by Gasteiger charge is -2.33. The van der Waals surface area contributed by atoms with Crippen molar-refractivity contribution in [1.29, 1.82) is 0 Å². The Balaban J connectivity index is 1.67. The Hall–Kier alpha value is -1.74. The summed E-state index contributed by atoms with van der Waals surface area (Å²) in [6, 6.07) is 14.0. The van der Waals surface area contributed by atoms with Crippen molar-refractivity contribution in [1.82, 2.24) is 8.61 Å².